The van der Waals surface area contributed by atoms with E-state index in [0.717, 1.165) is 22.0 Å². The third kappa shape index (κ3) is 2.48. The van der Waals surface area contributed by atoms with Crippen molar-refractivity contribution in [3.05, 3.63) is 15.6 Å². The number of nitrogens with zero attached hydrogens (tertiary/aromatic N) is 1. The molecule has 0 atom stereocenters. The number of thiazole rings is 1. The molecule has 0 aliphatic carbocycles. The van der Waals surface area contributed by atoms with E-state index in [9.17, 15) is 4.39 Å². The average molecular weight is 202 g/mol. The summed E-state index contributed by atoms with van der Waals surface area (Å²) in [7, 11) is 0. The van der Waals surface area contributed by atoms with E-state index in [-0.39, 0.29) is 0 Å². The van der Waals surface area contributed by atoms with Crippen molar-refractivity contribution < 1.29 is 4.39 Å². The highest BCUT2D eigenvalue weighted by Crippen LogP contribution is 2.32. The van der Waals surface area contributed by atoms with Crippen LogP contribution in [0.1, 0.15) is 29.4 Å². The topological polar surface area (TPSA) is 38.9 Å². The fourth-order valence-corrected chi connectivity index (χ4v) is 2.31. The molecule has 0 saturated carbocycles. The lowest BCUT2D eigenvalue weighted by atomic mass is 10.1. The van der Waals surface area contributed by atoms with Gasteiger partial charge in [-0.3, -0.25) is 0 Å². The lowest BCUT2D eigenvalue weighted by Gasteiger charge is -2.11. The summed E-state index contributed by atoms with van der Waals surface area (Å²) in [5, 5.41) is 0.931. The summed E-state index contributed by atoms with van der Waals surface area (Å²) in [6.07, 6.45) is 0.738. The molecule has 0 amide bonds. The summed E-state index contributed by atoms with van der Waals surface area (Å²) >= 11 is 1.42. The molecule has 0 spiro atoms. The Balaban J connectivity index is 2.96. The van der Waals surface area contributed by atoms with Crippen LogP contribution in [0.25, 0.3) is 0 Å². The number of hydrogen-bond donors (Lipinski definition) is 1. The van der Waals surface area contributed by atoms with Crippen molar-refractivity contribution in [1.82, 2.24) is 4.98 Å². The smallest absolute Gasteiger partial charge is 0.141 e. The summed E-state index contributed by atoms with van der Waals surface area (Å²) in [6.45, 7) is 5.52. The second-order valence-corrected chi connectivity index (χ2v) is 4.62. The third-order valence-corrected chi connectivity index (χ3v) is 3.26. The van der Waals surface area contributed by atoms with E-state index in [4.69, 9.17) is 5.73 Å². The lowest BCUT2D eigenvalue weighted by Crippen LogP contribution is -2.07. The Hall–Kier alpha value is -0.480. The van der Waals surface area contributed by atoms with Crippen molar-refractivity contribution >= 4 is 11.3 Å². The van der Waals surface area contributed by atoms with Gasteiger partial charge in [-0.25, -0.2) is 9.37 Å². The Morgan fingerprint density at radius 1 is 1.54 bits per heavy atom. The molecule has 0 aliphatic heterocycles. The van der Waals surface area contributed by atoms with Crippen LogP contribution in [0.3, 0.4) is 0 Å². The Kier molecular flexibility index (Phi) is 3.03. The van der Waals surface area contributed by atoms with E-state index in [1.165, 1.54) is 11.3 Å². The molecule has 0 radical (unpaired) electrons. The van der Waals surface area contributed by atoms with Gasteiger partial charge in [0.05, 0.1) is 15.6 Å². The van der Waals surface area contributed by atoms with E-state index in [1.54, 1.807) is 13.8 Å². The molecule has 1 aromatic rings. The van der Waals surface area contributed by atoms with Gasteiger partial charge < -0.3 is 5.73 Å². The standard InChI is InChI=1S/C9H15FN2S/c1-6-8(9(2,3)10)13-7(12-6)4-5-11/h4-5,11H2,1-3H3. The van der Waals surface area contributed by atoms with Crippen LogP contribution >= 0.6 is 11.3 Å². The molecule has 13 heavy (non-hydrogen) atoms. The SMILES string of the molecule is Cc1nc(CCN)sc1C(C)(C)F. The summed E-state index contributed by atoms with van der Waals surface area (Å²) in [6, 6.07) is 0. The first-order chi connectivity index (χ1) is 5.95. The number of nitrogens with two attached hydrogens (primary N) is 1. The van der Waals surface area contributed by atoms with E-state index >= 15 is 0 Å². The molecule has 2 N–H and O–H groups in total. The van der Waals surface area contributed by atoms with Crippen molar-refractivity contribution in [2.75, 3.05) is 6.54 Å². The fourth-order valence-electron chi connectivity index (χ4n) is 1.23. The maximum atomic E-state index is 13.6. The van der Waals surface area contributed by atoms with Crippen LogP contribution < -0.4 is 5.73 Å². The zero-order chi connectivity index (χ0) is 10.1. The minimum Gasteiger partial charge on any atom is -0.330 e. The van der Waals surface area contributed by atoms with Crippen LogP contribution in [0, 0.1) is 6.92 Å². The maximum absolute atomic E-state index is 13.6. The van der Waals surface area contributed by atoms with E-state index in [1.807, 2.05) is 6.92 Å². The van der Waals surface area contributed by atoms with Gasteiger partial charge in [0.2, 0.25) is 0 Å². The molecular weight excluding hydrogens is 187 g/mol. The molecule has 0 aromatic carbocycles. The van der Waals surface area contributed by atoms with Gasteiger partial charge in [-0.05, 0) is 27.3 Å². The van der Waals surface area contributed by atoms with Crippen LogP contribution in [0.5, 0.6) is 0 Å². The Morgan fingerprint density at radius 2 is 2.15 bits per heavy atom. The van der Waals surface area contributed by atoms with Gasteiger partial charge in [0.15, 0.2) is 0 Å². The molecule has 1 heterocycles. The van der Waals surface area contributed by atoms with Gasteiger partial charge >= 0.3 is 0 Å². The average Bonchev–Trinajstić information content (AvgIpc) is 2.30. The molecule has 0 unspecified atom stereocenters. The monoisotopic (exact) mass is 202 g/mol. The molecule has 1 aromatic heterocycles. The van der Waals surface area contributed by atoms with Crippen molar-refractivity contribution in [2.45, 2.75) is 32.9 Å². The van der Waals surface area contributed by atoms with Crippen molar-refractivity contribution in [3.8, 4) is 0 Å². The molecule has 0 aliphatic rings. The highest BCUT2D eigenvalue weighted by atomic mass is 32.1. The van der Waals surface area contributed by atoms with Gasteiger partial charge in [0.25, 0.3) is 0 Å². The minimum atomic E-state index is -1.28. The normalized spacial score (nSPS) is 12.1. The number of aryl methyl sites for hydroxylation is 1. The first kappa shape index (κ1) is 10.6. The zero-order valence-corrected chi connectivity index (χ0v) is 9.04. The Morgan fingerprint density at radius 3 is 2.54 bits per heavy atom. The van der Waals surface area contributed by atoms with E-state index in [0.29, 0.717) is 6.54 Å². The summed E-state index contributed by atoms with van der Waals surface area (Å²) in [4.78, 5) is 4.98. The zero-order valence-electron chi connectivity index (χ0n) is 8.22. The second kappa shape index (κ2) is 3.72. The Bertz CT molecular complexity index is 288. The van der Waals surface area contributed by atoms with Gasteiger partial charge in [-0.15, -0.1) is 11.3 Å². The molecule has 0 fully saturated rings. The summed E-state index contributed by atoms with van der Waals surface area (Å²) in [5.74, 6) is 0. The maximum Gasteiger partial charge on any atom is 0.141 e. The molecule has 0 bridgehead atoms. The minimum absolute atomic E-state index is 0.569. The van der Waals surface area contributed by atoms with Crippen molar-refractivity contribution in [3.63, 3.8) is 0 Å². The number of halogens is 1. The summed E-state index contributed by atoms with van der Waals surface area (Å²) in [5.41, 5.74) is 4.91. The van der Waals surface area contributed by atoms with Gasteiger partial charge in [0.1, 0.15) is 5.67 Å². The first-order valence-electron chi connectivity index (χ1n) is 4.31. The number of alkyl halides is 1. The van der Waals surface area contributed by atoms with Crippen molar-refractivity contribution in [1.29, 1.82) is 0 Å². The van der Waals surface area contributed by atoms with E-state index < -0.39 is 5.67 Å². The number of hydrogen-bond acceptors (Lipinski definition) is 3. The molecule has 2 nitrogen and oxygen atoms in total. The number of aromatic nitrogens is 1. The predicted molar refractivity (Wildman–Crippen MR) is 53.7 cm³/mol. The lowest BCUT2D eigenvalue weighted by molar-refractivity contribution is 0.225. The largest absolute Gasteiger partial charge is 0.330 e. The fraction of sp³-hybridized carbons (Fsp3) is 0.667. The van der Waals surface area contributed by atoms with Gasteiger partial charge in [-0.2, -0.15) is 0 Å². The first-order valence-corrected chi connectivity index (χ1v) is 5.12. The van der Waals surface area contributed by atoms with Crippen LogP contribution in [0.4, 0.5) is 4.39 Å². The molecule has 1 rings (SSSR count). The quantitative estimate of drug-likeness (QED) is 0.815. The highest BCUT2D eigenvalue weighted by molar-refractivity contribution is 7.11. The van der Waals surface area contributed by atoms with Gasteiger partial charge in [-0.1, -0.05) is 0 Å². The summed E-state index contributed by atoms with van der Waals surface area (Å²) < 4.78 is 13.6. The molecule has 0 saturated heterocycles. The van der Waals surface area contributed by atoms with E-state index in [2.05, 4.69) is 4.98 Å². The molecule has 4 heteroatoms. The Labute approximate surface area is 82.0 Å². The van der Waals surface area contributed by atoms with Crippen LogP contribution in [0.15, 0.2) is 0 Å². The van der Waals surface area contributed by atoms with Crippen LogP contribution in [-0.2, 0) is 12.1 Å². The third-order valence-electron chi connectivity index (χ3n) is 1.74. The highest BCUT2D eigenvalue weighted by Gasteiger charge is 2.24. The molecular formula is C9H15FN2S. The predicted octanol–water partition coefficient (Wildman–Crippen LogP) is 2.16. The number of rotatable bonds is 3. The second-order valence-electron chi connectivity index (χ2n) is 3.53. The van der Waals surface area contributed by atoms with Crippen LogP contribution in [-0.4, -0.2) is 11.5 Å². The van der Waals surface area contributed by atoms with Crippen LogP contribution in [0.2, 0.25) is 0 Å². The van der Waals surface area contributed by atoms with Crippen molar-refractivity contribution in [2.24, 2.45) is 5.73 Å². The van der Waals surface area contributed by atoms with Gasteiger partial charge in [0, 0.05) is 6.42 Å². The molecule has 74 valence electrons.